The molecule has 0 aliphatic heterocycles. The molecule has 2 rings (SSSR count). The molecule has 0 spiro atoms. The number of para-hydroxylation sites is 1. The van der Waals surface area contributed by atoms with Crippen molar-refractivity contribution in [3.05, 3.63) is 54.1 Å². The van der Waals surface area contributed by atoms with Gasteiger partial charge >= 0.3 is 0 Å². The maximum absolute atomic E-state index is 12.3. The van der Waals surface area contributed by atoms with Crippen LogP contribution in [0, 0.1) is 0 Å². The Morgan fingerprint density at radius 3 is 2.36 bits per heavy atom. The van der Waals surface area contributed by atoms with E-state index in [1.54, 1.807) is 18.2 Å². The molecule has 0 fully saturated rings. The number of ether oxygens (including phenoxy) is 1. The van der Waals surface area contributed by atoms with Gasteiger partial charge in [0, 0.05) is 10.6 Å². The van der Waals surface area contributed by atoms with Crippen molar-refractivity contribution in [1.82, 2.24) is 0 Å². The van der Waals surface area contributed by atoms with E-state index >= 15 is 0 Å². The second-order valence-electron chi connectivity index (χ2n) is 5.01. The summed E-state index contributed by atoms with van der Waals surface area (Å²) in [6.07, 6.45) is -0.893. The number of carbonyl (C=O) groups is 2. The fraction of sp³-hybridized carbons (Fsp3) is 0.176. The second-order valence-corrected chi connectivity index (χ2v) is 6.08. The van der Waals surface area contributed by atoms with Gasteiger partial charge in [0.2, 0.25) is 0 Å². The van der Waals surface area contributed by atoms with Crippen molar-refractivity contribution in [2.24, 2.45) is 5.73 Å². The minimum Gasteiger partial charge on any atom is -0.480 e. The third kappa shape index (κ3) is 5.46. The van der Waals surface area contributed by atoms with E-state index in [2.05, 4.69) is 5.32 Å². The molecular weight excluding hydrogens is 350 g/mol. The van der Waals surface area contributed by atoms with Gasteiger partial charge in [0.1, 0.15) is 5.75 Å². The van der Waals surface area contributed by atoms with Crippen LogP contribution in [0.3, 0.4) is 0 Å². The zero-order valence-electron chi connectivity index (χ0n) is 13.2. The molecular formula is C17H16F2N2O3S. The Kier molecular flexibility index (Phi) is 6.35. The van der Waals surface area contributed by atoms with Gasteiger partial charge in [-0.15, -0.1) is 0 Å². The molecule has 5 nitrogen and oxygen atoms in total. The van der Waals surface area contributed by atoms with Gasteiger partial charge in [-0.25, -0.2) is 0 Å². The first kappa shape index (κ1) is 18.7. The van der Waals surface area contributed by atoms with Crippen LogP contribution in [0.4, 0.5) is 14.5 Å². The molecule has 1 atom stereocenters. The molecule has 0 radical (unpaired) electrons. The van der Waals surface area contributed by atoms with E-state index in [1.165, 1.54) is 37.3 Å². The van der Waals surface area contributed by atoms with E-state index in [1.807, 2.05) is 0 Å². The zero-order chi connectivity index (χ0) is 18.4. The highest BCUT2D eigenvalue weighted by atomic mass is 32.2. The van der Waals surface area contributed by atoms with Crippen molar-refractivity contribution in [2.45, 2.75) is 23.7 Å². The highest BCUT2D eigenvalue weighted by Gasteiger charge is 2.18. The van der Waals surface area contributed by atoms with E-state index in [0.29, 0.717) is 22.3 Å². The Morgan fingerprint density at radius 2 is 1.76 bits per heavy atom. The first-order chi connectivity index (χ1) is 11.9. The average molecular weight is 366 g/mol. The van der Waals surface area contributed by atoms with E-state index in [4.69, 9.17) is 10.5 Å². The monoisotopic (exact) mass is 366 g/mol. The third-order valence-electron chi connectivity index (χ3n) is 3.17. The summed E-state index contributed by atoms with van der Waals surface area (Å²) in [5.74, 6) is -3.40. The summed E-state index contributed by atoms with van der Waals surface area (Å²) in [6, 6.07) is 12.4. The van der Waals surface area contributed by atoms with Gasteiger partial charge in [-0.2, -0.15) is 8.78 Å². The van der Waals surface area contributed by atoms with Crippen LogP contribution >= 0.6 is 11.8 Å². The molecule has 0 aliphatic carbocycles. The van der Waals surface area contributed by atoms with E-state index in [9.17, 15) is 18.4 Å². The largest absolute Gasteiger partial charge is 0.480 e. The van der Waals surface area contributed by atoms with E-state index in [-0.39, 0.29) is 11.3 Å². The summed E-state index contributed by atoms with van der Waals surface area (Å²) in [7, 11) is 0. The lowest BCUT2D eigenvalue weighted by Crippen LogP contribution is -2.30. The molecule has 2 aromatic rings. The van der Waals surface area contributed by atoms with E-state index in [0.717, 1.165) is 0 Å². The molecule has 0 saturated carbocycles. The van der Waals surface area contributed by atoms with Gasteiger partial charge in [0.15, 0.2) is 6.10 Å². The summed E-state index contributed by atoms with van der Waals surface area (Å²) in [5, 5.41) is 2.61. The van der Waals surface area contributed by atoms with Crippen LogP contribution in [0.15, 0.2) is 53.4 Å². The Bertz CT molecular complexity index is 754. The number of nitrogens with two attached hydrogens (primary N) is 1. The molecule has 132 valence electrons. The standard InChI is InChI=1S/C17H16F2N2O3S/c1-10(24-14-5-3-2-4-13(14)15(20)22)16(23)21-11-6-8-12(9-7-11)25-17(18)19/h2-10,17H,1H3,(H2,20,22)(H,21,23)/t10-/m1/s1. The summed E-state index contributed by atoms with van der Waals surface area (Å²) < 4.78 is 30.1. The number of alkyl halides is 2. The number of benzene rings is 2. The Hall–Kier alpha value is -2.61. The Labute approximate surface area is 147 Å². The maximum Gasteiger partial charge on any atom is 0.288 e. The van der Waals surface area contributed by atoms with Crippen LogP contribution < -0.4 is 15.8 Å². The number of thioether (sulfide) groups is 1. The third-order valence-corrected chi connectivity index (χ3v) is 3.90. The first-order valence-corrected chi connectivity index (χ1v) is 8.16. The average Bonchev–Trinajstić information content (AvgIpc) is 2.56. The maximum atomic E-state index is 12.3. The van der Waals surface area contributed by atoms with Gasteiger partial charge in [0.25, 0.3) is 17.6 Å². The number of primary amides is 1. The van der Waals surface area contributed by atoms with E-state index < -0.39 is 23.7 Å². The minimum atomic E-state index is -2.50. The second kappa shape index (κ2) is 8.48. The van der Waals surface area contributed by atoms with Gasteiger partial charge in [0.05, 0.1) is 5.56 Å². The van der Waals surface area contributed by atoms with Crippen LogP contribution in [0.25, 0.3) is 0 Å². The Morgan fingerprint density at radius 1 is 1.12 bits per heavy atom. The lowest BCUT2D eigenvalue weighted by atomic mass is 10.2. The SMILES string of the molecule is C[C@@H](Oc1ccccc1C(N)=O)C(=O)Nc1ccc(SC(F)F)cc1. The van der Waals surface area contributed by atoms with Crippen LogP contribution in [0.2, 0.25) is 0 Å². The van der Waals surface area contributed by atoms with Crippen LogP contribution in [-0.4, -0.2) is 23.7 Å². The van der Waals surface area contributed by atoms with Crippen LogP contribution in [0.1, 0.15) is 17.3 Å². The van der Waals surface area contributed by atoms with Crippen molar-refractivity contribution in [1.29, 1.82) is 0 Å². The topological polar surface area (TPSA) is 81.4 Å². The molecule has 8 heteroatoms. The molecule has 0 saturated heterocycles. The molecule has 2 aromatic carbocycles. The smallest absolute Gasteiger partial charge is 0.288 e. The van der Waals surface area contributed by atoms with Gasteiger partial charge in [-0.05, 0) is 43.3 Å². The number of carbonyl (C=O) groups excluding carboxylic acids is 2. The molecule has 25 heavy (non-hydrogen) atoms. The summed E-state index contributed by atoms with van der Waals surface area (Å²) in [5.41, 5.74) is 5.89. The highest BCUT2D eigenvalue weighted by molar-refractivity contribution is 7.99. The predicted octanol–water partition coefficient (Wildman–Crippen LogP) is 3.51. The lowest BCUT2D eigenvalue weighted by molar-refractivity contribution is -0.122. The van der Waals surface area contributed by atoms with Crippen molar-refractivity contribution < 1.29 is 23.1 Å². The molecule has 0 bridgehead atoms. The number of hydrogen-bond acceptors (Lipinski definition) is 4. The predicted molar refractivity (Wildman–Crippen MR) is 92.0 cm³/mol. The first-order valence-electron chi connectivity index (χ1n) is 7.28. The number of amides is 2. The Balaban J connectivity index is 2.00. The van der Waals surface area contributed by atoms with Gasteiger partial charge < -0.3 is 15.8 Å². The lowest BCUT2D eigenvalue weighted by Gasteiger charge is -2.16. The quantitative estimate of drug-likeness (QED) is 0.735. The molecule has 0 unspecified atom stereocenters. The summed E-state index contributed by atoms with van der Waals surface area (Å²) in [6.45, 7) is 1.52. The van der Waals surface area contributed by atoms with Gasteiger partial charge in [-0.3, -0.25) is 9.59 Å². The van der Waals surface area contributed by atoms with Crippen LogP contribution in [0.5, 0.6) is 5.75 Å². The van der Waals surface area contributed by atoms with Gasteiger partial charge in [-0.1, -0.05) is 23.9 Å². The molecule has 0 heterocycles. The summed E-state index contributed by atoms with van der Waals surface area (Å²) in [4.78, 5) is 23.9. The zero-order valence-corrected chi connectivity index (χ0v) is 14.1. The fourth-order valence-corrected chi connectivity index (χ4v) is 2.48. The normalized spacial score (nSPS) is 11.8. The van der Waals surface area contributed by atoms with Crippen molar-refractivity contribution in [3.63, 3.8) is 0 Å². The molecule has 0 aromatic heterocycles. The molecule has 0 aliphatic rings. The number of hydrogen-bond donors (Lipinski definition) is 2. The fourth-order valence-electron chi connectivity index (χ4n) is 1.98. The van der Waals surface area contributed by atoms with Crippen molar-refractivity contribution in [3.8, 4) is 5.75 Å². The number of nitrogens with one attached hydrogen (secondary N) is 1. The summed E-state index contributed by atoms with van der Waals surface area (Å²) >= 11 is 0.424. The molecule has 2 amide bonds. The minimum absolute atomic E-state index is 0.176. The van der Waals surface area contributed by atoms with Crippen molar-refractivity contribution >= 4 is 29.3 Å². The van der Waals surface area contributed by atoms with Crippen molar-refractivity contribution in [2.75, 3.05) is 5.32 Å². The highest BCUT2D eigenvalue weighted by Crippen LogP contribution is 2.26. The van der Waals surface area contributed by atoms with Crippen LogP contribution in [-0.2, 0) is 4.79 Å². The molecule has 3 N–H and O–H groups in total. The number of halogens is 2. The number of rotatable bonds is 7. The number of anilines is 1.